The molecule has 160 valence electrons. The van der Waals surface area contributed by atoms with Crippen LogP contribution in [0.25, 0.3) is 0 Å². The molecular formula is C21H27N5O3S. The Morgan fingerprint density at radius 1 is 1.27 bits per heavy atom. The smallest absolute Gasteiger partial charge is 0.236 e. The zero-order chi connectivity index (χ0) is 21.5. The maximum absolute atomic E-state index is 12.2. The van der Waals surface area contributed by atoms with Crippen LogP contribution in [0.3, 0.4) is 0 Å². The summed E-state index contributed by atoms with van der Waals surface area (Å²) in [6.45, 7) is 9.21. The van der Waals surface area contributed by atoms with Crippen molar-refractivity contribution < 1.29 is 14.1 Å². The van der Waals surface area contributed by atoms with E-state index in [0.717, 1.165) is 24.5 Å². The van der Waals surface area contributed by atoms with Gasteiger partial charge in [-0.05, 0) is 37.0 Å². The second-order valence-electron chi connectivity index (χ2n) is 7.35. The van der Waals surface area contributed by atoms with Crippen LogP contribution < -0.4 is 10.1 Å². The van der Waals surface area contributed by atoms with Crippen molar-refractivity contribution in [3.05, 3.63) is 47.5 Å². The van der Waals surface area contributed by atoms with Gasteiger partial charge in [0.1, 0.15) is 18.1 Å². The molecule has 30 heavy (non-hydrogen) atoms. The third-order valence-electron chi connectivity index (χ3n) is 4.27. The Kier molecular flexibility index (Phi) is 7.51. The number of nitrogens with one attached hydrogen (secondary N) is 1. The third-order valence-corrected chi connectivity index (χ3v) is 5.24. The van der Waals surface area contributed by atoms with Crippen LogP contribution in [0.15, 0.2) is 40.0 Å². The van der Waals surface area contributed by atoms with E-state index in [0.29, 0.717) is 29.3 Å². The number of hydrogen-bond acceptors (Lipinski definition) is 7. The number of aryl methyl sites for hydroxylation is 2. The lowest BCUT2D eigenvalue weighted by Gasteiger charge is -2.13. The molecule has 0 saturated carbocycles. The number of aromatic nitrogens is 4. The summed E-state index contributed by atoms with van der Waals surface area (Å²) < 4.78 is 12.9. The number of ether oxygens (including phenoxy) is 1. The van der Waals surface area contributed by atoms with Crippen molar-refractivity contribution in [2.24, 2.45) is 5.92 Å². The zero-order valence-corrected chi connectivity index (χ0v) is 18.5. The van der Waals surface area contributed by atoms with E-state index in [9.17, 15) is 4.79 Å². The number of thioether (sulfide) groups is 1. The molecule has 0 spiro atoms. The van der Waals surface area contributed by atoms with Gasteiger partial charge in [0.05, 0.1) is 5.75 Å². The number of benzene rings is 1. The molecule has 0 bridgehead atoms. The average molecular weight is 430 g/mol. The van der Waals surface area contributed by atoms with Crippen LogP contribution in [-0.4, -0.2) is 31.6 Å². The lowest BCUT2D eigenvalue weighted by molar-refractivity contribution is -0.113. The second-order valence-corrected chi connectivity index (χ2v) is 8.29. The largest absolute Gasteiger partial charge is 0.486 e. The first kappa shape index (κ1) is 21.9. The molecule has 8 nitrogen and oxygen atoms in total. The number of anilines is 1. The molecule has 2 aromatic heterocycles. The van der Waals surface area contributed by atoms with Crippen molar-refractivity contribution in [3.63, 3.8) is 0 Å². The first-order chi connectivity index (χ1) is 14.4. The monoisotopic (exact) mass is 429 g/mol. The molecule has 0 atom stereocenters. The summed E-state index contributed by atoms with van der Waals surface area (Å²) in [7, 11) is 0. The van der Waals surface area contributed by atoms with E-state index in [4.69, 9.17) is 9.26 Å². The van der Waals surface area contributed by atoms with Crippen molar-refractivity contribution in [1.29, 1.82) is 0 Å². The number of carbonyl (C=O) groups excluding carboxylic acids is 1. The van der Waals surface area contributed by atoms with Gasteiger partial charge in [-0.1, -0.05) is 49.8 Å². The highest BCUT2D eigenvalue weighted by Gasteiger charge is 2.16. The van der Waals surface area contributed by atoms with Crippen molar-refractivity contribution in [3.8, 4) is 5.75 Å². The van der Waals surface area contributed by atoms with E-state index in [1.165, 1.54) is 17.3 Å². The molecule has 0 aliphatic heterocycles. The van der Waals surface area contributed by atoms with Gasteiger partial charge in [0.2, 0.25) is 5.91 Å². The Hall–Kier alpha value is -2.81. The van der Waals surface area contributed by atoms with E-state index in [2.05, 4.69) is 53.6 Å². The normalized spacial score (nSPS) is 11.1. The highest BCUT2D eigenvalue weighted by atomic mass is 32.2. The fourth-order valence-corrected chi connectivity index (χ4v) is 3.55. The topological polar surface area (TPSA) is 95.1 Å². The number of rotatable bonds is 10. The number of carbonyl (C=O) groups is 1. The van der Waals surface area contributed by atoms with Crippen LogP contribution in [-0.2, 0) is 24.4 Å². The summed E-state index contributed by atoms with van der Waals surface area (Å²) in [5, 5.41) is 15.7. The molecule has 0 fully saturated rings. The molecule has 0 unspecified atom stereocenters. The summed E-state index contributed by atoms with van der Waals surface area (Å²) in [4.78, 5) is 12.2. The highest BCUT2D eigenvalue weighted by molar-refractivity contribution is 7.99. The molecule has 1 aromatic carbocycles. The second kappa shape index (κ2) is 10.3. The lowest BCUT2D eigenvalue weighted by atomic mass is 10.2. The van der Waals surface area contributed by atoms with Gasteiger partial charge < -0.3 is 19.1 Å². The minimum atomic E-state index is -0.179. The van der Waals surface area contributed by atoms with Crippen molar-refractivity contribution >= 4 is 23.5 Å². The molecule has 9 heteroatoms. The number of amides is 1. The van der Waals surface area contributed by atoms with Crippen LogP contribution in [0.5, 0.6) is 5.75 Å². The number of nitrogens with zero attached hydrogens (tertiary/aromatic N) is 4. The summed E-state index contributed by atoms with van der Waals surface area (Å²) in [5.74, 6) is 2.99. The van der Waals surface area contributed by atoms with Crippen LogP contribution in [0.2, 0.25) is 0 Å². The minimum absolute atomic E-state index is 0.179. The molecule has 0 aliphatic carbocycles. The van der Waals surface area contributed by atoms with Crippen molar-refractivity contribution in [2.45, 2.75) is 52.4 Å². The van der Waals surface area contributed by atoms with Gasteiger partial charge in [-0.25, -0.2) is 0 Å². The van der Waals surface area contributed by atoms with E-state index >= 15 is 0 Å². The quantitative estimate of drug-likeness (QED) is 0.485. The molecule has 0 saturated heterocycles. The molecule has 3 rings (SSSR count). The summed E-state index contributed by atoms with van der Waals surface area (Å²) in [6.07, 6.45) is 0.993. The van der Waals surface area contributed by atoms with E-state index in [1.807, 2.05) is 16.7 Å². The zero-order valence-electron chi connectivity index (χ0n) is 17.7. The highest BCUT2D eigenvalue weighted by Crippen LogP contribution is 2.21. The first-order valence-corrected chi connectivity index (χ1v) is 10.9. The minimum Gasteiger partial charge on any atom is -0.486 e. The predicted molar refractivity (Wildman–Crippen MR) is 116 cm³/mol. The predicted octanol–water partition coefficient (Wildman–Crippen LogP) is 4.10. The van der Waals surface area contributed by atoms with Crippen molar-refractivity contribution in [1.82, 2.24) is 19.9 Å². The molecule has 0 radical (unpaired) electrons. The van der Waals surface area contributed by atoms with Crippen LogP contribution in [0.4, 0.5) is 5.82 Å². The first-order valence-electron chi connectivity index (χ1n) is 9.94. The Morgan fingerprint density at radius 3 is 2.67 bits per heavy atom. The van der Waals surface area contributed by atoms with Gasteiger partial charge in [0.15, 0.2) is 16.8 Å². The van der Waals surface area contributed by atoms with Crippen LogP contribution in [0.1, 0.15) is 37.9 Å². The fraction of sp³-hybridized carbons (Fsp3) is 0.429. The molecule has 2 heterocycles. The Labute approximate surface area is 180 Å². The van der Waals surface area contributed by atoms with Gasteiger partial charge in [0, 0.05) is 12.6 Å². The molecule has 1 amide bonds. The van der Waals surface area contributed by atoms with Crippen LogP contribution >= 0.6 is 11.8 Å². The van der Waals surface area contributed by atoms with Gasteiger partial charge in [-0.15, -0.1) is 10.2 Å². The van der Waals surface area contributed by atoms with E-state index in [1.54, 1.807) is 13.0 Å². The fourth-order valence-electron chi connectivity index (χ4n) is 2.78. The van der Waals surface area contributed by atoms with E-state index in [-0.39, 0.29) is 11.7 Å². The maximum Gasteiger partial charge on any atom is 0.236 e. The van der Waals surface area contributed by atoms with E-state index < -0.39 is 0 Å². The van der Waals surface area contributed by atoms with Crippen molar-refractivity contribution in [2.75, 3.05) is 11.1 Å². The summed E-state index contributed by atoms with van der Waals surface area (Å²) in [5.41, 5.74) is 1.27. The SMILES string of the molecule is CCc1ccc(OCc2nnc(SCC(=O)Nc3cc(C)on3)n2CC(C)C)cc1. The summed E-state index contributed by atoms with van der Waals surface area (Å²) >= 11 is 1.33. The standard InChI is InChI=1S/C21H27N5O3S/c1-5-16-6-8-17(9-7-16)28-12-19-23-24-21(26(19)11-14(2)3)30-13-20(27)22-18-10-15(4)29-25-18/h6-10,14H,5,11-13H2,1-4H3,(H,22,25,27). The third kappa shape index (κ3) is 6.09. The number of hydrogen-bond donors (Lipinski definition) is 1. The Bertz CT molecular complexity index is 965. The maximum atomic E-state index is 12.2. The molecule has 1 N–H and O–H groups in total. The van der Waals surface area contributed by atoms with Gasteiger partial charge in [0.25, 0.3) is 0 Å². The molecule has 3 aromatic rings. The molecular weight excluding hydrogens is 402 g/mol. The Balaban J connectivity index is 1.62. The summed E-state index contributed by atoms with van der Waals surface area (Å²) in [6, 6.07) is 9.72. The molecule has 0 aliphatic rings. The van der Waals surface area contributed by atoms with Gasteiger partial charge in [-0.2, -0.15) is 0 Å². The Morgan fingerprint density at radius 2 is 2.03 bits per heavy atom. The average Bonchev–Trinajstić information content (AvgIpc) is 3.30. The lowest BCUT2D eigenvalue weighted by Crippen LogP contribution is -2.16. The van der Waals surface area contributed by atoms with Gasteiger partial charge >= 0.3 is 0 Å². The van der Waals surface area contributed by atoms with Gasteiger partial charge in [-0.3, -0.25) is 4.79 Å². The van der Waals surface area contributed by atoms with Crippen LogP contribution in [0, 0.1) is 12.8 Å².